The van der Waals surface area contributed by atoms with Gasteiger partial charge in [0.2, 0.25) is 0 Å². The summed E-state index contributed by atoms with van der Waals surface area (Å²) in [6.07, 6.45) is 3.61. The monoisotopic (exact) mass is 331 g/mol. The first-order valence-corrected chi connectivity index (χ1v) is 6.36. The lowest BCUT2D eigenvalue weighted by Crippen LogP contribution is -2.41. The zero-order valence-corrected chi connectivity index (χ0v) is 12.1. The van der Waals surface area contributed by atoms with Crippen molar-refractivity contribution in [2.75, 3.05) is 0 Å². The van der Waals surface area contributed by atoms with Crippen molar-refractivity contribution in [1.29, 1.82) is 0 Å². The van der Waals surface area contributed by atoms with Gasteiger partial charge in [-0.15, -0.1) is 0 Å². The Morgan fingerprint density at radius 2 is 1.69 bits per heavy atom. The van der Waals surface area contributed by atoms with Gasteiger partial charge in [-0.05, 0) is 56.4 Å². The van der Waals surface area contributed by atoms with Gasteiger partial charge in [-0.2, -0.15) is 0 Å². The summed E-state index contributed by atoms with van der Waals surface area (Å²) in [7, 11) is -0.313. The molecule has 1 aromatic rings. The van der Waals surface area contributed by atoms with Crippen molar-refractivity contribution < 1.29 is 9.31 Å². The molecule has 0 aromatic carbocycles. The lowest BCUT2D eigenvalue weighted by molar-refractivity contribution is 0.00578. The Labute approximate surface area is 110 Å². The fourth-order valence-corrected chi connectivity index (χ4v) is 2.06. The molecule has 0 amide bonds. The van der Waals surface area contributed by atoms with E-state index in [0.717, 1.165) is 9.03 Å². The number of pyridine rings is 1. The van der Waals surface area contributed by atoms with Crippen LogP contribution in [0.1, 0.15) is 27.7 Å². The standard InChI is InChI=1S/C11H15BINO2/c1-10(2)11(3,4)16-12(15-10)8-5-9(13)7-14-6-8/h5-7H,1-4H3. The topological polar surface area (TPSA) is 31.4 Å². The fraction of sp³-hybridized carbons (Fsp3) is 0.545. The van der Waals surface area contributed by atoms with Gasteiger partial charge in [0.05, 0.1) is 11.2 Å². The predicted octanol–water partition coefficient (Wildman–Crippen LogP) is 1.99. The Balaban J connectivity index is 2.27. The highest BCUT2D eigenvalue weighted by Gasteiger charge is 2.51. The maximum atomic E-state index is 5.94. The maximum absolute atomic E-state index is 5.94. The molecule has 1 aromatic heterocycles. The highest BCUT2D eigenvalue weighted by Crippen LogP contribution is 2.36. The Hall–Kier alpha value is -0.135. The second-order valence-corrected chi connectivity index (χ2v) is 6.27. The van der Waals surface area contributed by atoms with Crippen LogP contribution in [0.15, 0.2) is 18.5 Å². The molecule has 0 radical (unpaired) electrons. The van der Waals surface area contributed by atoms with Gasteiger partial charge < -0.3 is 9.31 Å². The molecule has 2 heterocycles. The molecule has 1 aliphatic heterocycles. The average Bonchev–Trinajstić information content (AvgIpc) is 2.36. The predicted molar refractivity (Wildman–Crippen MR) is 72.7 cm³/mol. The van der Waals surface area contributed by atoms with Gasteiger partial charge >= 0.3 is 7.12 Å². The number of halogens is 1. The molecule has 1 aliphatic rings. The van der Waals surface area contributed by atoms with Crippen LogP contribution in [0.3, 0.4) is 0 Å². The van der Waals surface area contributed by atoms with Crippen LogP contribution < -0.4 is 5.46 Å². The SMILES string of the molecule is CC1(C)OB(c2cncc(I)c2)OC1(C)C. The van der Waals surface area contributed by atoms with Crippen molar-refractivity contribution in [3.8, 4) is 0 Å². The summed E-state index contributed by atoms with van der Waals surface area (Å²) in [4.78, 5) is 4.16. The van der Waals surface area contributed by atoms with E-state index in [1.165, 1.54) is 0 Å². The minimum Gasteiger partial charge on any atom is -0.399 e. The highest BCUT2D eigenvalue weighted by molar-refractivity contribution is 14.1. The summed E-state index contributed by atoms with van der Waals surface area (Å²) in [6.45, 7) is 8.20. The molecule has 1 saturated heterocycles. The molecule has 0 aliphatic carbocycles. The van der Waals surface area contributed by atoms with E-state index in [0.29, 0.717) is 0 Å². The molecule has 0 bridgehead atoms. The van der Waals surface area contributed by atoms with Gasteiger partial charge in [0.1, 0.15) is 0 Å². The van der Waals surface area contributed by atoms with Gasteiger partial charge in [-0.3, -0.25) is 4.98 Å². The van der Waals surface area contributed by atoms with Crippen LogP contribution in [0.4, 0.5) is 0 Å². The van der Waals surface area contributed by atoms with Crippen LogP contribution in [0.25, 0.3) is 0 Å². The van der Waals surface area contributed by atoms with E-state index >= 15 is 0 Å². The van der Waals surface area contributed by atoms with E-state index in [-0.39, 0.29) is 18.3 Å². The van der Waals surface area contributed by atoms with Crippen LogP contribution in [-0.4, -0.2) is 23.3 Å². The third-order valence-corrected chi connectivity index (χ3v) is 3.84. The van der Waals surface area contributed by atoms with E-state index < -0.39 is 0 Å². The molecule has 0 saturated carbocycles. The summed E-state index contributed by atoms with van der Waals surface area (Å²) in [5.41, 5.74) is 0.392. The highest BCUT2D eigenvalue weighted by atomic mass is 127. The van der Waals surface area contributed by atoms with Crippen LogP contribution in [-0.2, 0) is 9.31 Å². The van der Waals surface area contributed by atoms with Crippen LogP contribution in [0.2, 0.25) is 0 Å². The van der Waals surface area contributed by atoms with Crippen LogP contribution >= 0.6 is 22.6 Å². The van der Waals surface area contributed by atoms with Gasteiger partial charge in [0, 0.05) is 21.4 Å². The summed E-state index contributed by atoms with van der Waals surface area (Å²) in [5, 5.41) is 0. The molecule has 0 unspecified atom stereocenters. The molecule has 1 fully saturated rings. The molecular weight excluding hydrogens is 316 g/mol. The molecule has 2 rings (SSSR count). The summed E-state index contributed by atoms with van der Waals surface area (Å²) in [5.74, 6) is 0. The molecular formula is C11H15BINO2. The molecule has 0 atom stereocenters. The minimum atomic E-state index is -0.313. The number of hydrogen-bond donors (Lipinski definition) is 0. The molecule has 5 heteroatoms. The van der Waals surface area contributed by atoms with Gasteiger partial charge in [0.25, 0.3) is 0 Å². The first kappa shape index (κ1) is 12.3. The quantitative estimate of drug-likeness (QED) is 0.583. The van der Waals surface area contributed by atoms with Gasteiger partial charge in [0.15, 0.2) is 0 Å². The Bertz CT molecular complexity index is 393. The number of aromatic nitrogens is 1. The molecule has 16 heavy (non-hydrogen) atoms. The van der Waals surface area contributed by atoms with Gasteiger partial charge in [-0.1, -0.05) is 0 Å². The summed E-state index contributed by atoms with van der Waals surface area (Å²) in [6, 6.07) is 2.04. The van der Waals surface area contributed by atoms with E-state index in [2.05, 4.69) is 27.6 Å². The molecule has 86 valence electrons. The fourth-order valence-electron chi connectivity index (χ4n) is 1.54. The second-order valence-electron chi connectivity index (χ2n) is 5.02. The first-order valence-electron chi connectivity index (χ1n) is 5.28. The normalized spacial score (nSPS) is 22.4. The lowest BCUT2D eigenvalue weighted by atomic mass is 9.80. The van der Waals surface area contributed by atoms with Crippen molar-refractivity contribution in [3.05, 3.63) is 22.0 Å². The summed E-state index contributed by atoms with van der Waals surface area (Å²) < 4.78 is 13.0. The Morgan fingerprint density at radius 3 is 2.19 bits per heavy atom. The van der Waals surface area contributed by atoms with Crippen molar-refractivity contribution in [3.63, 3.8) is 0 Å². The van der Waals surface area contributed by atoms with Crippen LogP contribution in [0, 0.1) is 3.57 Å². The number of hydrogen-bond acceptors (Lipinski definition) is 3. The van der Waals surface area contributed by atoms with Crippen molar-refractivity contribution in [1.82, 2.24) is 4.98 Å². The zero-order chi connectivity index (χ0) is 12.0. The van der Waals surface area contributed by atoms with Crippen LogP contribution in [0.5, 0.6) is 0 Å². The smallest absolute Gasteiger partial charge is 0.399 e. The van der Waals surface area contributed by atoms with E-state index in [1.807, 2.05) is 40.0 Å². The molecule has 0 N–H and O–H groups in total. The number of rotatable bonds is 1. The van der Waals surface area contributed by atoms with E-state index in [1.54, 1.807) is 6.20 Å². The van der Waals surface area contributed by atoms with Crippen molar-refractivity contribution in [2.45, 2.75) is 38.9 Å². The third-order valence-electron chi connectivity index (χ3n) is 3.25. The third kappa shape index (κ3) is 2.12. The molecule has 0 spiro atoms. The second kappa shape index (κ2) is 3.96. The van der Waals surface area contributed by atoms with E-state index in [4.69, 9.17) is 9.31 Å². The maximum Gasteiger partial charge on any atom is 0.496 e. The molecule has 3 nitrogen and oxygen atoms in total. The first-order chi connectivity index (χ1) is 7.32. The Morgan fingerprint density at radius 1 is 1.12 bits per heavy atom. The van der Waals surface area contributed by atoms with Gasteiger partial charge in [-0.25, -0.2) is 0 Å². The summed E-state index contributed by atoms with van der Waals surface area (Å²) >= 11 is 2.24. The average molecular weight is 331 g/mol. The number of nitrogens with zero attached hydrogens (tertiary/aromatic N) is 1. The van der Waals surface area contributed by atoms with Crippen molar-refractivity contribution in [2.24, 2.45) is 0 Å². The van der Waals surface area contributed by atoms with Crippen molar-refractivity contribution >= 4 is 35.2 Å². The van der Waals surface area contributed by atoms with E-state index in [9.17, 15) is 0 Å². The Kier molecular flexibility index (Phi) is 3.05. The lowest BCUT2D eigenvalue weighted by Gasteiger charge is -2.32. The minimum absolute atomic E-state index is 0.293. The largest absolute Gasteiger partial charge is 0.496 e. The zero-order valence-electron chi connectivity index (χ0n) is 9.95.